The lowest BCUT2D eigenvalue weighted by molar-refractivity contribution is 0.289. The molecule has 0 unspecified atom stereocenters. The van der Waals surface area contributed by atoms with Gasteiger partial charge in [-0.25, -0.2) is 8.42 Å². The van der Waals surface area contributed by atoms with Crippen LogP contribution in [0.4, 0.5) is 5.69 Å². The SMILES string of the molecule is Cc1oncc1NS(=O)(=O)c1cnn(C2CCC2)c1. The lowest BCUT2D eigenvalue weighted by Crippen LogP contribution is -2.17. The van der Waals surface area contributed by atoms with Crippen molar-refractivity contribution in [2.75, 3.05) is 4.72 Å². The van der Waals surface area contributed by atoms with E-state index in [0.717, 1.165) is 12.8 Å². The third-order valence-electron chi connectivity index (χ3n) is 3.33. The molecular weight excluding hydrogens is 268 g/mol. The van der Waals surface area contributed by atoms with Crippen LogP contribution in [0.3, 0.4) is 0 Å². The van der Waals surface area contributed by atoms with Crippen LogP contribution < -0.4 is 4.72 Å². The van der Waals surface area contributed by atoms with E-state index in [1.807, 2.05) is 0 Å². The topological polar surface area (TPSA) is 90.0 Å². The van der Waals surface area contributed by atoms with Crippen molar-refractivity contribution in [1.29, 1.82) is 0 Å². The Morgan fingerprint density at radius 3 is 2.79 bits per heavy atom. The summed E-state index contributed by atoms with van der Waals surface area (Å²) >= 11 is 0. The maximum atomic E-state index is 12.2. The van der Waals surface area contributed by atoms with Gasteiger partial charge in [-0.1, -0.05) is 5.16 Å². The molecule has 7 nitrogen and oxygen atoms in total. The van der Waals surface area contributed by atoms with Crippen molar-refractivity contribution in [3.63, 3.8) is 0 Å². The first kappa shape index (κ1) is 12.2. The second-order valence-electron chi connectivity index (χ2n) is 4.64. The third-order valence-corrected chi connectivity index (χ3v) is 4.65. The van der Waals surface area contributed by atoms with Gasteiger partial charge in [0.2, 0.25) is 0 Å². The van der Waals surface area contributed by atoms with Gasteiger partial charge >= 0.3 is 0 Å². The van der Waals surface area contributed by atoms with Crippen molar-refractivity contribution < 1.29 is 12.9 Å². The molecule has 1 saturated carbocycles. The number of nitrogens with one attached hydrogen (secondary N) is 1. The van der Waals surface area contributed by atoms with Gasteiger partial charge in [0, 0.05) is 6.20 Å². The molecule has 3 rings (SSSR count). The van der Waals surface area contributed by atoms with Crippen LogP contribution in [0.1, 0.15) is 31.1 Å². The maximum Gasteiger partial charge on any atom is 0.265 e. The third kappa shape index (κ3) is 2.23. The van der Waals surface area contributed by atoms with E-state index in [1.165, 1.54) is 18.8 Å². The number of anilines is 1. The molecule has 1 aliphatic carbocycles. The Balaban J connectivity index is 1.83. The van der Waals surface area contributed by atoms with Crippen LogP contribution in [0.5, 0.6) is 0 Å². The Morgan fingerprint density at radius 2 is 2.21 bits per heavy atom. The molecule has 0 amide bonds. The number of nitrogens with zero attached hydrogens (tertiary/aromatic N) is 3. The summed E-state index contributed by atoms with van der Waals surface area (Å²) in [6.07, 6.45) is 7.55. The summed E-state index contributed by atoms with van der Waals surface area (Å²) in [6.45, 7) is 1.64. The van der Waals surface area contributed by atoms with Crippen molar-refractivity contribution in [2.45, 2.75) is 37.1 Å². The van der Waals surface area contributed by atoms with Gasteiger partial charge in [0.15, 0.2) is 5.76 Å². The van der Waals surface area contributed by atoms with Crippen LogP contribution in [0, 0.1) is 6.92 Å². The molecule has 19 heavy (non-hydrogen) atoms. The average Bonchev–Trinajstić information content (AvgIpc) is 2.87. The number of hydrogen-bond donors (Lipinski definition) is 1. The summed E-state index contributed by atoms with van der Waals surface area (Å²) in [5.74, 6) is 0.426. The van der Waals surface area contributed by atoms with Crippen molar-refractivity contribution >= 4 is 15.7 Å². The summed E-state index contributed by atoms with van der Waals surface area (Å²) < 4.78 is 33.3. The first-order chi connectivity index (χ1) is 9.06. The van der Waals surface area contributed by atoms with Crippen LogP contribution >= 0.6 is 0 Å². The van der Waals surface area contributed by atoms with Crippen LogP contribution in [0.2, 0.25) is 0 Å². The van der Waals surface area contributed by atoms with E-state index in [-0.39, 0.29) is 4.90 Å². The summed E-state index contributed by atoms with van der Waals surface area (Å²) in [4.78, 5) is 0.153. The van der Waals surface area contributed by atoms with Gasteiger partial charge in [0.1, 0.15) is 10.6 Å². The zero-order chi connectivity index (χ0) is 13.5. The first-order valence-corrected chi connectivity index (χ1v) is 7.53. The Hall–Kier alpha value is -1.83. The van der Waals surface area contributed by atoms with Crippen LogP contribution in [0.25, 0.3) is 0 Å². The molecule has 1 N–H and O–H groups in total. The second kappa shape index (κ2) is 4.37. The molecular formula is C11H14N4O3S. The maximum absolute atomic E-state index is 12.2. The van der Waals surface area contributed by atoms with Gasteiger partial charge < -0.3 is 4.52 Å². The lowest BCUT2D eigenvalue weighted by Gasteiger charge is -2.25. The van der Waals surface area contributed by atoms with E-state index in [4.69, 9.17) is 4.52 Å². The number of rotatable bonds is 4. The zero-order valence-electron chi connectivity index (χ0n) is 10.4. The predicted octanol–water partition coefficient (Wildman–Crippen LogP) is 1.71. The first-order valence-electron chi connectivity index (χ1n) is 6.04. The summed E-state index contributed by atoms with van der Waals surface area (Å²) in [5, 5.41) is 7.65. The van der Waals surface area contributed by atoms with E-state index in [9.17, 15) is 8.42 Å². The van der Waals surface area contributed by atoms with Crippen molar-refractivity contribution in [1.82, 2.24) is 14.9 Å². The van der Waals surface area contributed by atoms with Crippen LogP contribution in [-0.4, -0.2) is 23.4 Å². The monoisotopic (exact) mass is 282 g/mol. The minimum Gasteiger partial charge on any atom is -0.359 e. The van der Waals surface area contributed by atoms with E-state index < -0.39 is 10.0 Å². The summed E-state index contributed by atoms with van der Waals surface area (Å²) in [7, 11) is -3.64. The molecule has 2 aromatic rings. The molecule has 0 bridgehead atoms. The van der Waals surface area contributed by atoms with Gasteiger partial charge in [0.05, 0.1) is 18.4 Å². The van der Waals surface area contributed by atoms with E-state index in [2.05, 4.69) is 15.0 Å². The average molecular weight is 282 g/mol. The smallest absolute Gasteiger partial charge is 0.265 e. The van der Waals surface area contributed by atoms with Crippen LogP contribution in [0.15, 0.2) is 28.0 Å². The molecule has 2 aromatic heterocycles. The molecule has 102 valence electrons. The molecule has 0 aromatic carbocycles. The Morgan fingerprint density at radius 1 is 1.42 bits per heavy atom. The van der Waals surface area contributed by atoms with Crippen molar-refractivity contribution in [2.24, 2.45) is 0 Å². The largest absolute Gasteiger partial charge is 0.359 e. The van der Waals surface area contributed by atoms with E-state index >= 15 is 0 Å². The zero-order valence-corrected chi connectivity index (χ0v) is 11.2. The van der Waals surface area contributed by atoms with E-state index in [1.54, 1.807) is 17.8 Å². The Kier molecular flexibility index (Phi) is 2.81. The summed E-state index contributed by atoms with van der Waals surface area (Å²) in [6, 6.07) is 0.335. The lowest BCUT2D eigenvalue weighted by atomic mass is 9.93. The quantitative estimate of drug-likeness (QED) is 0.921. The molecule has 0 saturated heterocycles. The fraction of sp³-hybridized carbons (Fsp3) is 0.455. The van der Waals surface area contributed by atoms with Gasteiger partial charge in [-0.3, -0.25) is 9.40 Å². The molecule has 1 fully saturated rings. The van der Waals surface area contributed by atoms with Gasteiger partial charge in [-0.2, -0.15) is 5.10 Å². The Bertz CT molecular complexity index is 684. The van der Waals surface area contributed by atoms with Crippen LogP contribution in [-0.2, 0) is 10.0 Å². The fourth-order valence-corrected chi connectivity index (χ4v) is 2.95. The highest BCUT2D eigenvalue weighted by Crippen LogP contribution is 2.31. The number of aromatic nitrogens is 3. The van der Waals surface area contributed by atoms with E-state index in [0.29, 0.717) is 17.5 Å². The highest BCUT2D eigenvalue weighted by molar-refractivity contribution is 7.92. The molecule has 0 aliphatic heterocycles. The molecule has 8 heteroatoms. The Labute approximate surface area is 110 Å². The molecule has 0 radical (unpaired) electrons. The van der Waals surface area contributed by atoms with Gasteiger partial charge in [-0.15, -0.1) is 0 Å². The highest BCUT2D eigenvalue weighted by atomic mass is 32.2. The molecule has 2 heterocycles. The van der Waals surface area contributed by atoms with Crippen molar-refractivity contribution in [3.05, 3.63) is 24.4 Å². The number of aryl methyl sites for hydroxylation is 1. The predicted molar refractivity (Wildman–Crippen MR) is 67.2 cm³/mol. The summed E-state index contributed by atoms with van der Waals surface area (Å²) in [5.41, 5.74) is 0.344. The molecule has 1 aliphatic rings. The fourth-order valence-electron chi connectivity index (χ4n) is 1.91. The van der Waals surface area contributed by atoms with Crippen molar-refractivity contribution in [3.8, 4) is 0 Å². The minimum absolute atomic E-state index is 0.153. The second-order valence-corrected chi connectivity index (χ2v) is 6.32. The van der Waals surface area contributed by atoms with Gasteiger partial charge in [-0.05, 0) is 26.2 Å². The number of sulfonamides is 1. The normalized spacial score (nSPS) is 16.3. The standard InChI is InChI=1S/C11H14N4O3S/c1-8-11(6-13-18-8)14-19(16,17)10-5-12-15(7-10)9-3-2-4-9/h5-7,9,14H,2-4H2,1H3. The minimum atomic E-state index is -3.64. The van der Waals surface area contributed by atoms with Gasteiger partial charge in [0.25, 0.3) is 10.0 Å². The highest BCUT2D eigenvalue weighted by Gasteiger charge is 2.24. The number of hydrogen-bond acceptors (Lipinski definition) is 5. The molecule has 0 spiro atoms. The molecule has 0 atom stereocenters.